The topological polar surface area (TPSA) is 121 Å². The number of esters is 1. The minimum absolute atomic E-state index is 0.000652. The van der Waals surface area contributed by atoms with Gasteiger partial charge in [-0.05, 0) is 42.0 Å². The van der Waals surface area contributed by atoms with Gasteiger partial charge in [0.2, 0.25) is 0 Å². The number of amides is 1. The minimum Gasteiger partial charge on any atom is -0.465 e. The molecule has 41 heavy (non-hydrogen) atoms. The SMILES string of the molecule is COC(=O)c1ccccc1Oc1ncc(-c2ccc(NC(=O)c3cn(-c4ccccn4)nc3C(F)(F)F)cc2)cn1. The van der Waals surface area contributed by atoms with E-state index >= 15 is 0 Å². The number of pyridine rings is 1. The van der Waals surface area contributed by atoms with E-state index < -0.39 is 29.3 Å². The van der Waals surface area contributed by atoms with Gasteiger partial charge in [0.15, 0.2) is 11.5 Å². The Hall–Kier alpha value is -5.59. The van der Waals surface area contributed by atoms with Gasteiger partial charge in [0, 0.05) is 36.0 Å². The number of anilines is 1. The smallest absolute Gasteiger partial charge is 0.435 e. The fourth-order valence-corrected chi connectivity index (χ4v) is 3.75. The number of halogens is 3. The molecule has 0 unspecified atom stereocenters. The molecule has 0 bridgehead atoms. The predicted octanol–water partition coefficient (Wildman–Crippen LogP) is 5.57. The van der Waals surface area contributed by atoms with Gasteiger partial charge in [-0.25, -0.2) is 24.4 Å². The number of ether oxygens (including phenoxy) is 2. The number of alkyl halides is 3. The number of rotatable bonds is 7. The Kier molecular flexibility index (Phi) is 7.41. The molecule has 3 aromatic heterocycles. The zero-order valence-corrected chi connectivity index (χ0v) is 21.2. The van der Waals surface area contributed by atoms with Gasteiger partial charge in [0.05, 0.1) is 12.7 Å². The number of para-hydroxylation sites is 1. The standard InChI is InChI=1S/C28H19F3N6O4/c1-40-26(39)20-6-2-3-7-22(20)41-27-33-14-18(15-34-27)17-9-11-19(12-10-17)35-25(38)21-16-37(23-8-4-5-13-32-23)36-24(21)28(29,30)31/h2-16H,1H3,(H,35,38). The molecule has 0 saturated heterocycles. The van der Waals surface area contributed by atoms with Crippen molar-refractivity contribution in [2.45, 2.75) is 6.18 Å². The fourth-order valence-electron chi connectivity index (χ4n) is 3.75. The number of methoxy groups -OCH3 is 1. The Balaban J connectivity index is 1.30. The quantitative estimate of drug-likeness (QED) is 0.256. The highest BCUT2D eigenvalue weighted by Crippen LogP contribution is 2.32. The monoisotopic (exact) mass is 560 g/mol. The van der Waals surface area contributed by atoms with E-state index in [1.165, 1.54) is 43.9 Å². The third-order valence-electron chi connectivity index (χ3n) is 5.71. The maximum Gasteiger partial charge on any atom is 0.435 e. The summed E-state index contributed by atoms with van der Waals surface area (Å²) in [6, 6.07) is 17.5. The van der Waals surface area contributed by atoms with Crippen molar-refractivity contribution in [1.29, 1.82) is 0 Å². The lowest BCUT2D eigenvalue weighted by atomic mass is 10.1. The third kappa shape index (κ3) is 6.03. The van der Waals surface area contributed by atoms with Crippen LogP contribution >= 0.6 is 0 Å². The highest BCUT2D eigenvalue weighted by atomic mass is 19.4. The Morgan fingerprint density at radius 1 is 0.854 bits per heavy atom. The van der Waals surface area contributed by atoms with E-state index in [4.69, 9.17) is 9.47 Å². The van der Waals surface area contributed by atoms with E-state index in [-0.39, 0.29) is 28.8 Å². The summed E-state index contributed by atoms with van der Waals surface area (Å²) in [6.07, 6.45) is 0.533. The van der Waals surface area contributed by atoms with Crippen LogP contribution in [0, 0.1) is 0 Å². The van der Waals surface area contributed by atoms with Crippen LogP contribution in [0.2, 0.25) is 0 Å². The second-order valence-corrected chi connectivity index (χ2v) is 8.40. The van der Waals surface area contributed by atoms with Gasteiger partial charge in [0.25, 0.3) is 5.91 Å². The zero-order valence-electron chi connectivity index (χ0n) is 21.2. The lowest BCUT2D eigenvalue weighted by Crippen LogP contribution is -2.17. The summed E-state index contributed by atoms with van der Waals surface area (Å²) in [5, 5.41) is 6.01. The zero-order chi connectivity index (χ0) is 29.0. The number of nitrogens with one attached hydrogen (secondary N) is 1. The van der Waals surface area contributed by atoms with Crippen LogP contribution in [-0.4, -0.2) is 43.7 Å². The number of hydrogen-bond acceptors (Lipinski definition) is 8. The molecule has 3 heterocycles. The molecule has 2 aromatic carbocycles. The Morgan fingerprint density at radius 2 is 1.56 bits per heavy atom. The molecular weight excluding hydrogens is 541 g/mol. The molecule has 0 saturated carbocycles. The van der Waals surface area contributed by atoms with Gasteiger partial charge in [-0.2, -0.15) is 18.3 Å². The molecule has 0 spiro atoms. The van der Waals surface area contributed by atoms with Crippen LogP contribution in [0.5, 0.6) is 11.8 Å². The molecule has 13 heteroatoms. The van der Waals surface area contributed by atoms with E-state index in [0.717, 1.165) is 10.9 Å². The molecule has 0 fully saturated rings. The van der Waals surface area contributed by atoms with Gasteiger partial charge in [-0.15, -0.1) is 0 Å². The second kappa shape index (κ2) is 11.3. The molecule has 0 aliphatic carbocycles. The first-order valence-corrected chi connectivity index (χ1v) is 11.9. The summed E-state index contributed by atoms with van der Waals surface area (Å²) in [5.41, 5.74) is -0.226. The normalized spacial score (nSPS) is 11.1. The first-order valence-electron chi connectivity index (χ1n) is 11.9. The van der Waals surface area contributed by atoms with E-state index in [1.54, 1.807) is 48.5 Å². The summed E-state index contributed by atoms with van der Waals surface area (Å²) in [4.78, 5) is 37.1. The molecule has 0 atom stereocenters. The van der Waals surface area contributed by atoms with Crippen molar-refractivity contribution in [3.63, 3.8) is 0 Å². The molecule has 0 radical (unpaired) electrons. The van der Waals surface area contributed by atoms with E-state index in [0.29, 0.717) is 11.1 Å². The average Bonchev–Trinajstić information content (AvgIpc) is 3.45. The van der Waals surface area contributed by atoms with Crippen molar-refractivity contribution in [3.05, 3.63) is 108 Å². The van der Waals surface area contributed by atoms with E-state index in [2.05, 4.69) is 25.4 Å². The predicted molar refractivity (Wildman–Crippen MR) is 140 cm³/mol. The Morgan fingerprint density at radius 3 is 2.22 bits per heavy atom. The maximum atomic E-state index is 13.6. The molecule has 10 nitrogen and oxygen atoms in total. The summed E-state index contributed by atoms with van der Waals surface area (Å²) in [5.74, 6) is -1.19. The van der Waals surface area contributed by atoms with Crippen molar-refractivity contribution < 1.29 is 32.2 Å². The average molecular weight is 560 g/mol. The first-order chi connectivity index (χ1) is 19.7. The minimum atomic E-state index is -4.85. The number of benzene rings is 2. The summed E-state index contributed by atoms with van der Waals surface area (Å²) >= 11 is 0. The number of carbonyl (C=O) groups is 2. The number of hydrogen-bond donors (Lipinski definition) is 1. The van der Waals surface area contributed by atoms with Crippen molar-refractivity contribution >= 4 is 17.6 Å². The molecule has 1 N–H and O–H groups in total. The number of nitrogens with zero attached hydrogens (tertiary/aromatic N) is 5. The van der Waals surface area contributed by atoms with Crippen molar-refractivity contribution in [3.8, 4) is 28.7 Å². The van der Waals surface area contributed by atoms with Crippen molar-refractivity contribution in [2.24, 2.45) is 0 Å². The van der Waals surface area contributed by atoms with E-state index in [9.17, 15) is 22.8 Å². The summed E-state index contributed by atoms with van der Waals surface area (Å²) < 4.78 is 52.1. The van der Waals surface area contributed by atoms with Gasteiger partial charge in [-0.3, -0.25) is 4.79 Å². The molecular formula is C28H19F3N6O4. The van der Waals surface area contributed by atoms with Gasteiger partial charge < -0.3 is 14.8 Å². The number of aromatic nitrogens is 5. The fraction of sp³-hybridized carbons (Fsp3) is 0.0714. The van der Waals surface area contributed by atoms with Crippen LogP contribution in [0.15, 0.2) is 91.5 Å². The third-order valence-corrected chi connectivity index (χ3v) is 5.71. The van der Waals surface area contributed by atoms with E-state index in [1.807, 2.05) is 0 Å². The van der Waals surface area contributed by atoms with Crippen LogP contribution < -0.4 is 10.1 Å². The molecule has 206 valence electrons. The molecule has 5 aromatic rings. The van der Waals surface area contributed by atoms with Crippen LogP contribution in [0.1, 0.15) is 26.4 Å². The first kappa shape index (κ1) is 27.0. The van der Waals surface area contributed by atoms with Gasteiger partial charge in [0.1, 0.15) is 11.3 Å². The molecule has 0 aliphatic heterocycles. The lowest BCUT2D eigenvalue weighted by molar-refractivity contribution is -0.141. The summed E-state index contributed by atoms with van der Waals surface area (Å²) in [6.45, 7) is 0. The maximum absolute atomic E-state index is 13.6. The molecule has 5 rings (SSSR count). The van der Waals surface area contributed by atoms with Crippen LogP contribution in [0.25, 0.3) is 16.9 Å². The van der Waals surface area contributed by atoms with Gasteiger partial charge >= 0.3 is 18.2 Å². The van der Waals surface area contributed by atoms with Crippen molar-refractivity contribution in [1.82, 2.24) is 24.7 Å². The van der Waals surface area contributed by atoms with Gasteiger partial charge in [-0.1, -0.05) is 30.3 Å². The molecule has 1 amide bonds. The number of carbonyl (C=O) groups excluding carboxylic acids is 2. The largest absolute Gasteiger partial charge is 0.465 e. The van der Waals surface area contributed by atoms with Crippen molar-refractivity contribution in [2.75, 3.05) is 12.4 Å². The molecule has 0 aliphatic rings. The lowest BCUT2D eigenvalue weighted by Gasteiger charge is -2.09. The van der Waals surface area contributed by atoms with Crippen LogP contribution in [0.3, 0.4) is 0 Å². The Bertz CT molecular complexity index is 1690. The highest BCUT2D eigenvalue weighted by Gasteiger charge is 2.39. The van der Waals surface area contributed by atoms with Crippen LogP contribution in [0.4, 0.5) is 18.9 Å². The Labute approximate surface area is 230 Å². The second-order valence-electron chi connectivity index (χ2n) is 8.40. The summed E-state index contributed by atoms with van der Waals surface area (Å²) in [7, 11) is 1.26. The highest BCUT2D eigenvalue weighted by molar-refractivity contribution is 6.05. The van der Waals surface area contributed by atoms with Crippen LogP contribution in [-0.2, 0) is 10.9 Å².